The Hall–Kier alpha value is -2.71. The number of nitrogens with zero attached hydrogens (tertiary/aromatic N) is 5. The Bertz CT molecular complexity index is 581. The highest BCUT2D eigenvalue weighted by Gasteiger charge is 2.13. The summed E-state index contributed by atoms with van der Waals surface area (Å²) in [5.41, 5.74) is -0.125. The number of aromatic nitrogens is 4. The van der Waals surface area contributed by atoms with Gasteiger partial charge in [0.1, 0.15) is 12.1 Å². The largest absolute Gasteiger partial charge is 0.404 e. The highest BCUT2D eigenvalue weighted by molar-refractivity contribution is 5.48. The van der Waals surface area contributed by atoms with Crippen LogP contribution in [-0.4, -0.2) is 31.7 Å². The highest BCUT2D eigenvalue weighted by Crippen LogP contribution is 2.24. The van der Waals surface area contributed by atoms with Crippen LogP contribution in [0.1, 0.15) is 0 Å². The fourth-order valence-corrected chi connectivity index (χ4v) is 1.24. The molecule has 0 unspecified atom stereocenters. The van der Waals surface area contributed by atoms with Crippen LogP contribution in [0.15, 0.2) is 18.5 Å². The number of hydrogen-bond acceptors (Lipinski definition) is 7. The third kappa shape index (κ3) is 2.51. The third-order valence-electron chi connectivity index (χ3n) is 2.03. The molecule has 0 aliphatic carbocycles. The fraction of sp³-hybridized carbons (Fsp3) is 0.222. The molecular weight excluding hydrogens is 240 g/mol. The first-order valence-electron chi connectivity index (χ1n) is 4.96. The maximum atomic E-state index is 10.7. The standard InChI is InChI=1S/C9H10N6O3/c1-10-7-3-6(15(16)17)4-8(12-7)18-9-11-5-14(2)13-9/h3-5H,1-2H3,(H,10,12). The minimum Gasteiger partial charge on any atom is -0.404 e. The van der Waals surface area contributed by atoms with Gasteiger partial charge in [-0.1, -0.05) is 0 Å². The smallest absolute Gasteiger partial charge is 0.342 e. The Morgan fingerprint density at radius 3 is 2.83 bits per heavy atom. The SMILES string of the molecule is CNc1cc([N+](=O)[O-])cc(Oc2ncn(C)n2)n1. The average molecular weight is 250 g/mol. The van der Waals surface area contributed by atoms with E-state index in [-0.39, 0.29) is 17.6 Å². The van der Waals surface area contributed by atoms with Gasteiger partial charge < -0.3 is 10.1 Å². The Morgan fingerprint density at radius 1 is 1.50 bits per heavy atom. The second-order valence-electron chi connectivity index (χ2n) is 3.36. The van der Waals surface area contributed by atoms with Crippen LogP contribution in [0.3, 0.4) is 0 Å². The summed E-state index contributed by atoms with van der Waals surface area (Å²) >= 11 is 0. The second kappa shape index (κ2) is 4.65. The van der Waals surface area contributed by atoms with Crippen molar-refractivity contribution in [2.75, 3.05) is 12.4 Å². The van der Waals surface area contributed by atoms with Crippen LogP contribution in [0.5, 0.6) is 11.9 Å². The number of rotatable bonds is 4. The lowest BCUT2D eigenvalue weighted by atomic mass is 10.4. The van der Waals surface area contributed by atoms with Gasteiger partial charge in [0, 0.05) is 14.1 Å². The number of hydrogen-bond donors (Lipinski definition) is 1. The van der Waals surface area contributed by atoms with E-state index in [2.05, 4.69) is 20.4 Å². The van der Waals surface area contributed by atoms with Gasteiger partial charge in [-0.2, -0.15) is 9.97 Å². The van der Waals surface area contributed by atoms with Crippen LogP contribution in [0.25, 0.3) is 0 Å². The van der Waals surface area contributed by atoms with Crippen molar-refractivity contribution >= 4 is 11.5 Å². The Kier molecular flexibility index (Phi) is 3.04. The van der Waals surface area contributed by atoms with Crippen LogP contribution in [-0.2, 0) is 7.05 Å². The number of ether oxygens (including phenoxy) is 1. The molecule has 2 heterocycles. The highest BCUT2D eigenvalue weighted by atomic mass is 16.6. The summed E-state index contributed by atoms with van der Waals surface area (Å²) in [5.74, 6) is 0.384. The Morgan fingerprint density at radius 2 is 2.28 bits per heavy atom. The van der Waals surface area contributed by atoms with E-state index < -0.39 is 4.92 Å². The number of aryl methyl sites for hydroxylation is 1. The fourth-order valence-electron chi connectivity index (χ4n) is 1.24. The molecule has 0 fully saturated rings. The number of pyridine rings is 1. The normalized spacial score (nSPS) is 10.1. The predicted octanol–water partition coefficient (Wildman–Crippen LogP) is 0.952. The van der Waals surface area contributed by atoms with Crippen molar-refractivity contribution in [2.45, 2.75) is 0 Å². The van der Waals surface area contributed by atoms with Crippen LogP contribution in [0.4, 0.5) is 11.5 Å². The summed E-state index contributed by atoms with van der Waals surface area (Å²) in [4.78, 5) is 18.1. The van der Waals surface area contributed by atoms with E-state index in [0.29, 0.717) is 5.82 Å². The molecular formula is C9H10N6O3. The zero-order chi connectivity index (χ0) is 13.1. The quantitative estimate of drug-likeness (QED) is 0.635. The van der Waals surface area contributed by atoms with Gasteiger partial charge in [-0.15, -0.1) is 5.10 Å². The van der Waals surface area contributed by atoms with Crippen molar-refractivity contribution in [1.82, 2.24) is 19.7 Å². The maximum absolute atomic E-state index is 10.7. The summed E-state index contributed by atoms with van der Waals surface area (Å²) in [7, 11) is 3.29. The van der Waals surface area contributed by atoms with Gasteiger partial charge in [0.05, 0.1) is 17.1 Å². The van der Waals surface area contributed by atoms with E-state index in [1.807, 2.05) is 0 Å². The van der Waals surface area contributed by atoms with Crippen molar-refractivity contribution in [3.8, 4) is 11.9 Å². The maximum Gasteiger partial charge on any atom is 0.342 e. The van der Waals surface area contributed by atoms with E-state index in [1.165, 1.54) is 23.1 Å². The number of nitro groups is 1. The van der Waals surface area contributed by atoms with Gasteiger partial charge in [0.2, 0.25) is 5.88 Å². The molecule has 2 rings (SSSR count). The zero-order valence-corrected chi connectivity index (χ0v) is 9.69. The first-order chi connectivity index (χ1) is 8.58. The first kappa shape index (κ1) is 11.8. The molecule has 0 spiro atoms. The van der Waals surface area contributed by atoms with E-state index >= 15 is 0 Å². The Balaban J connectivity index is 2.32. The third-order valence-corrected chi connectivity index (χ3v) is 2.03. The molecule has 0 amide bonds. The molecule has 0 aliphatic heterocycles. The lowest BCUT2D eigenvalue weighted by Gasteiger charge is -2.03. The molecule has 0 aromatic carbocycles. The predicted molar refractivity (Wildman–Crippen MR) is 61.5 cm³/mol. The van der Waals surface area contributed by atoms with E-state index in [1.54, 1.807) is 14.1 Å². The molecule has 1 N–H and O–H groups in total. The van der Waals surface area contributed by atoms with Gasteiger partial charge in [-0.3, -0.25) is 14.8 Å². The molecule has 9 heteroatoms. The molecule has 0 saturated carbocycles. The second-order valence-corrected chi connectivity index (χ2v) is 3.36. The van der Waals surface area contributed by atoms with E-state index in [9.17, 15) is 10.1 Å². The van der Waals surface area contributed by atoms with Crippen LogP contribution >= 0.6 is 0 Å². The monoisotopic (exact) mass is 250 g/mol. The van der Waals surface area contributed by atoms with Crippen molar-refractivity contribution in [1.29, 1.82) is 0 Å². The van der Waals surface area contributed by atoms with Gasteiger partial charge in [-0.05, 0) is 0 Å². The van der Waals surface area contributed by atoms with Gasteiger partial charge in [0.15, 0.2) is 0 Å². The molecule has 18 heavy (non-hydrogen) atoms. The lowest BCUT2D eigenvalue weighted by Crippen LogP contribution is -1.99. The molecule has 0 atom stereocenters. The van der Waals surface area contributed by atoms with Crippen molar-refractivity contribution < 1.29 is 9.66 Å². The van der Waals surface area contributed by atoms with Gasteiger partial charge in [0.25, 0.3) is 5.69 Å². The molecule has 0 aliphatic rings. The molecule has 0 bridgehead atoms. The van der Waals surface area contributed by atoms with Crippen LogP contribution in [0, 0.1) is 10.1 Å². The van der Waals surface area contributed by atoms with Crippen LogP contribution < -0.4 is 10.1 Å². The topological polar surface area (TPSA) is 108 Å². The summed E-state index contributed by atoms with van der Waals surface area (Å²) in [6, 6.07) is 2.59. The zero-order valence-electron chi connectivity index (χ0n) is 9.69. The first-order valence-corrected chi connectivity index (χ1v) is 4.96. The molecule has 0 saturated heterocycles. The van der Waals surface area contributed by atoms with Gasteiger partial charge >= 0.3 is 6.01 Å². The van der Waals surface area contributed by atoms with Crippen molar-refractivity contribution in [3.05, 3.63) is 28.6 Å². The lowest BCUT2D eigenvalue weighted by molar-refractivity contribution is -0.384. The Labute approximate surface area is 102 Å². The molecule has 0 radical (unpaired) electrons. The van der Waals surface area contributed by atoms with Crippen molar-refractivity contribution in [2.24, 2.45) is 7.05 Å². The molecule has 2 aromatic heterocycles. The molecule has 9 nitrogen and oxygen atoms in total. The number of anilines is 1. The number of nitrogens with one attached hydrogen (secondary N) is 1. The van der Waals surface area contributed by atoms with Gasteiger partial charge in [-0.25, -0.2) is 0 Å². The summed E-state index contributed by atoms with van der Waals surface area (Å²) in [6.45, 7) is 0. The minimum absolute atomic E-state index is 0.0553. The summed E-state index contributed by atoms with van der Waals surface area (Å²) in [6.07, 6.45) is 1.45. The van der Waals surface area contributed by atoms with E-state index in [4.69, 9.17) is 4.74 Å². The minimum atomic E-state index is -0.527. The summed E-state index contributed by atoms with van der Waals surface area (Å²) in [5, 5.41) is 17.3. The summed E-state index contributed by atoms with van der Waals surface area (Å²) < 4.78 is 6.68. The van der Waals surface area contributed by atoms with Crippen molar-refractivity contribution in [3.63, 3.8) is 0 Å². The molecule has 94 valence electrons. The molecule has 2 aromatic rings. The average Bonchev–Trinajstić information content (AvgIpc) is 2.74. The van der Waals surface area contributed by atoms with Crippen LogP contribution in [0.2, 0.25) is 0 Å². The van der Waals surface area contributed by atoms with E-state index in [0.717, 1.165) is 0 Å².